The zero-order valence-corrected chi connectivity index (χ0v) is 25.3. The molecule has 0 spiro atoms. The van der Waals surface area contributed by atoms with Crippen LogP contribution >= 0.6 is 0 Å². The highest BCUT2D eigenvalue weighted by Gasteiger charge is 2.31. The zero-order valence-electron chi connectivity index (χ0n) is 25.3. The van der Waals surface area contributed by atoms with Gasteiger partial charge in [-0.25, -0.2) is 19.2 Å². The molecule has 0 aliphatic rings. The fourth-order valence-electron chi connectivity index (χ4n) is 3.54. The Bertz CT molecular complexity index is 1280. The first-order valence-corrected chi connectivity index (χ1v) is 13.7. The van der Waals surface area contributed by atoms with E-state index in [4.69, 9.17) is 14.6 Å². The van der Waals surface area contributed by atoms with Crippen molar-refractivity contribution in [2.24, 2.45) is 23.7 Å². The number of hydrogen-bond acceptors (Lipinski definition) is 8. The molecule has 0 aliphatic heterocycles. The highest BCUT2D eigenvalue weighted by Crippen LogP contribution is 2.25. The lowest BCUT2D eigenvalue weighted by Crippen LogP contribution is -2.23. The Morgan fingerprint density at radius 3 is 1.29 bits per heavy atom. The van der Waals surface area contributed by atoms with Gasteiger partial charge >= 0.3 is 23.9 Å². The number of ketones is 2. The summed E-state index contributed by atoms with van der Waals surface area (Å²) in [6.07, 6.45) is 0. The largest absolute Gasteiger partial charge is 0.478 e. The lowest BCUT2D eigenvalue weighted by Gasteiger charge is -2.16. The summed E-state index contributed by atoms with van der Waals surface area (Å²) in [6.45, 7) is 14.8. The molecule has 228 valence electrons. The van der Waals surface area contributed by atoms with E-state index < -0.39 is 58.4 Å². The molecular formula is C32H40O10. The van der Waals surface area contributed by atoms with Gasteiger partial charge in [-0.1, -0.05) is 67.5 Å². The minimum absolute atomic E-state index is 0.0453. The lowest BCUT2D eigenvalue weighted by molar-refractivity contribution is 0.0412. The Hall–Kier alpha value is -4.34. The van der Waals surface area contributed by atoms with Gasteiger partial charge in [-0.15, -0.1) is 0 Å². The molecule has 0 saturated carbocycles. The van der Waals surface area contributed by atoms with Gasteiger partial charge < -0.3 is 19.7 Å². The van der Waals surface area contributed by atoms with Crippen LogP contribution in [0.2, 0.25) is 0 Å². The summed E-state index contributed by atoms with van der Waals surface area (Å²) < 4.78 is 10.3. The monoisotopic (exact) mass is 584 g/mol. The van der Waals surface area contributed by atoms with E-state index in [1.54, 1.807) is 52.0 Å². The number of esters is 2. The Kier molecular flexibility index (Phi) is 13.8. The van der Waals surface area contributed by atoms with E-state index in [-0.39, 0.29) is 34.1 Å². The van der Waals surface area contributed by atoms with E-state index in [0.717, 1.165) is 6.07 Å². The van der Waals surface area contributed by atoms with Crippen LogP contribution < -0.4 is 0 Å². The number of ether oxygens (including phenoxy) is 2. The van der Waals surface area contributed by atoms with Gasteiger partial charge in [-0.2, -0.15) is 0 Å². The smallest absolute Gasteiger partial charge is 0.339 e. The number of carboxylic acid groups (broad SMARTS) is 2. The van der Waals surface area contributed by atoms with Gasteiger partial charge in [0, 0.05) is 23.0 Å². The minimum atomic E-state index is -1.54. The fraction of sp³-hybridized carbons (Fsp3) is 0.438. The molecule has 0 heterocycles. The maximum atomic E-state index is 12.4. The topological polar surface area (TPSA) is 161 Å². The quantitative estimate of drug-likeness (QED) is 0.221. The van der Waals surface area contributed by atoms with Crippen molar-refractivity contribution < 1.29 is 48.5 Å². The van der Waals surface area contributed by atoms with Crippen molar-refractivity contribution in [2.75, 3.05) is 13.2 Å². The third-order valence-electron chi connectivity index (χ3n) is 5.67. The summed E-state index contributed by atoms with van der Waals surface area (Å²) in [5.74, 6) is -5.46. The maximum Gasteiger partial charge on any atom is 0.339 e. The SMILES string of the molecule is CC(C)C(=O)c1ccc(C(=O)O)c(C(=O)O)c1C(=O)C(C)C.CC(C)COC(=O)c1ccccc1C(=O)OCC(C)C. The summed E-state index contributed by atoms with van der Waals surface area (Å²) >= 11 is 0. The van der Waals surface area contributed by atoms with Crippen molar-refractivity contribution in [1.82, 2.24) is 0 Å². The van der Waals surface area contributed by atoms with Gasteiger partial charge in [-0.3, -0.25) is 9.59 Å². The number of carboxylic acids is 2. The number of carbonyl (C=O) groups is 6. The molecule has 2 N–H and O–H groups in total. The molecule has 2 aromatic carbocycles. The van der Waals surface area contributed by atoms with Gasteiger partial charge in [0.1, 0.15) is 0 Å². The van der Waals surface area contributed by atoms with Gasteiger partial charge in [0.05, 0.1) is 35.5 Å². The van der Waals surface area contributed by atoms with Crippen LogP contribution in [-0.2, 0) is 9.47 Å². The highest BCUT2D eigenvalue weighted by molar-refractivity contribution is 6.18. The Balaban J connectivity index is 0.000000422. The van der Waals surface area contributed by atoms with E-state index in [9.17, 15) is 33.9 Å². The van der Waals surface area contributed by atoms with Gasteiger partial charge in [0.2, 0.25) is 0 Å². The maximum absolute atomic E-state index is 12.4. The van der Waals surface area contributed by atoms with Crippen LogP contribution in [0.4, 0.5) is 0 Å². The summed E-state index contributed by atoms with van der Waals surface area (Å²) in [5, 5.41) is 18.5. The first-order valence-electron chi connectivity index (χ1n) is 13.7. The first-order chi connectivity index (χ1) is 19.5. The average molecular weight is 585 g/mol. The molecule has 10 heteroatoms. The zero-order chi connectivity index (χ0) is 32.3. The van der Waals surface area contributed by atoms with Crippen LogP contribution in [0.15, 0.2) is 36.4 Å². The van der Waals surface area contributed by atoms with Crippen LogP contribution in [0.5, 0.6) is 0 Å². The van der Waals surface area contributed by atoms with E-state index in [0.29, 0.717) is 13.2 Å². The molecule has 2 aromatic rings. The van der Waals surface area contributed by atoms with Crippen LogP contribution in [-0.4, -0.2) is 58.9 Å². The molecule has 0 aromatic heterocycles. The predicted octanol–water partition coefficient (Wildman–Crippen LogP) is 6.07. The minimum Gasteiger partial charge on any atom is -0.478 e. The molecule has 0 unspecified atom stereocenters. The Morgan fingerprint density at radius 1 is 0.548 bits per heavy atom. The normalized spacial score (nSPS) is 10.8. The second-order valence-electron chi connectivity index (χ2n) is 11.1. The van der Waals surface area contributed by atoms with E-state index in [1.807, 2.05) is 27.7 Å². The molecule has 2 rings (SSSR count). The standard InChI is InChI=1S/C16H18O6.C16H22O4/c1-7(2)13(17)9-5-6-10(15(19)20)12(16(21)22)11(9)14(18)8(3)4;1-11(2)9-19-15(17)13-7-5-6-8-14(13)16(18)20-10-12(3)4/h5-8H,1-4H3,(H,19,20)(H,21,22);5-8,11-12H,9-10H2,1-4H3. The third kappa shape index (κ3) is 9.94. The molecule has 0 atom stereocenters. The molecule has 0 radical (unpaired) electrons. The molecule has 0 amide bonds. The lowest BCUT2D eigenvalue weighted by atomic mass is 9.85. The molecule has 0 aliphatic carbocycles. The van der Waals surface area contributed by atoms with E-state index >= 15 is 0 Å². The number of rotatable bonds is 12. The summed E-state index contributed by atoms with van der Waals surface area (Å²) in [5.41, 5.74) is -0.990. The Morgan fingerprint density at radius 2 is 0.952 bits per heavy atom. The van der Waals surface area contributed by atoms with E-state index in [2.05, 4.69) is 0 Å². The predicted molar refractivity (Wildman–Crippen MR) is 155 cm³/mol. The fourth-order valence-corrected chi connectivity index (χ4v) is 3.54. The molecular weight excluding hydrogens is 544 g/mol. The number of benzene rings is 2. The number of aromatic carboxylic acids is 2. The van der Waals surface area contributed by atoms with Crippen molar-refractivity contribution >= 4 is 35.4 Å². The molecule has 0 bridgehead atoms. The number of carbonyl (C=O) groups excluding carboxylic acids is 4. The third-order valence-corrected chi connectivity index (χ3v) is 5.67. The highest BCUT2D eigenvalue weighted by atomic mass is 16.5. The van der Waals surface area contributed by atoms with Gasteiger partial charge in [0.15, 0.2) is 11.6 Å². The van der Waals surface area contributed by atoms with Crippen LogP contribution in [0.3, 0.4) is 0 Å². The van der Waals surface area contributed by atoms with Gasteiger partial charge in [0.25, 0.3) is 0 Å². The summed E-state index contributed by atoms with van der Waals surface area (Å²) in [4.78, 5) is 71.3. The second kappa shape index (κ2) is 16.2. The molecule has 42 heavy (non-hydrogen) atoms. The number of hydrogen-bond donors (Lipinski definition) is 2. The van der Waals surface area contributed by atoms with Crippen LogP contribution in [0, 0.1) is 23.7 Å². The van der Waals surface area contributed by atoms with Crippen LogP contribution in [0.1, 0.15) is 118 Å². The van der Waals surface area contributed by atoms with Crippen molar-refractivity contribution in [3.63, 3.8) is 0 Å². The second-order valence-corrected chi connectivity index (χ2v) is 11.1. The summed E-state index contributed by atoms with van der Waals surface area (Å²) in [6, 6.07) is 8.83. The molecule has 0 fully saturated rings. The van der Waals surface area contributed by atoms with Crippen LogP contribution in [0.25, 0.3) is 0 Å². The molecule has 0 saturated heterocycles. The van der Waals surface area contributed by atoms with Crippen molar-refractivity contribution in [2.45, 2.75) is 55.4 Å². The number of Topliss-reactive ketones (excluding diaryl/α,β-unsaturated/α-hetero) is 2. The van der Waals surface area contributed by atoms with Gasteiger partial charge in [-0.05, 0) is 36.1 Å². The first kappa shape index (κ1) is 35.7. The summed E-state index contributed by atoms with van der Waals surface area (Å²) in [7, 11) is 0. The van der Waals surface area contributed by atoms with Crippen molar-refractivity contribution in [3.8, 4) is 0 Å². The van der Waals surface area contributed by atoms with Crippen molar-refractivity contribution in [1.29, 1.82) is 0 Å². The average Bonchev–Trinajstić information content (AvgIpc) is 2.92. The molecule has 10 nitrogen and oxygen atoms in total. The van der Waals surface area contributed by atoms with E-state index in [1.165, 1.54) is 6.07 Å². The van der Waals surface area contributed by atoms with Crippen molar-refractivity contribution in [3.05, 3.63) is 69.8 Å². The Labute approximate surface area is 246 Å².